The molecule has 24 heavy (non-hydrogen) atoms. The molecule has 2 aromatic rings. The van der Waals surface area contributed by atoms with Crippen LogP contribution >= 0.6 is 0 Å². The van der Waals surface area contributed by atoms with Crippen molar-refractivity contribution in [3.05, 3.63) is 23.9 Å². The minimum Gasteiger partial charge on any atom is -0.382 e. The van der Waals surface area contributed by atoms with Crippen molar-refractivity contribution < 1.29 is 4.74 Å². The molecule has 1 aliphatic heterocycles. The van der Waals surface area contributed by atoms with E-state index >= 15 is 0 Å². The van der Waals surface area contributed by atoms with Gasteiger partial charge in [-0.15, -0.1) is 0 Å². The molecule has 1 saturated carbocycles. The number of nitrogens with zero attached hydrogens (tertiary/aromatic N) is 6. The Morgan fingerprint density at radius 2 is 2.17 bits per heavy atom. The number of nitrogen functional groups attached to an aromatic ring is 1. The third-order valence-corrected chi connectivity index (χ3v) is 5.04. The molecule has 8 nitrogen and oxygen atoms in total. The highest BCUT2D eigenvalue weighted by atomic mass is 16.5. The number of nitrogens with two attached hydrogens (primary N) is 1. The van der Waals surface area contributed by atoms with Gasteiger partial charge in [-0.3, -0.25) is 14.3 Å². The Hall–Kier alpha value is -1.93. The van der Waals surface area contributed by atoms with Gasteiger partial charge in [0.2, 0.25) is 0 Å². The molecule has 0 spiro atoms. The van der Waals surface area contributed by atoms with Crippen LogP contribution in [0.4, 0.5) is 5.82 Å². The summed E-state index contributed by atoms with van der Waals surface area (Å²) in [5.41, 5.74) is 5.73. The van der Waals surface area contributed by atoms with Crippen molar-refractivity contribution in [1.82, 2.24) is 29.4 Å². The number of ether oxygens (including phenoxy) is 1. The minimum atomic E-state index is 0.249. The van der Waals surface area contributed by atoms with Gasteiger partial charge in [0, 0.05) is 38.9 Å². The summed E-state index contributed by atoms with van der Waals surface area (Å²) in [6.45, 7) is 2.51. The van der Waals surface area contributed by atoms with Crippen LogP contribution in [0.2, 0.25) is 0 Å². The van der Waals surface area contributed by atoms with E-state index < -0.39 is 0 Å². The lowest BCUT2D eigenvalue weighted by Gasteiger charge is -2.23. The van der Waals surface area contributed by atoms with Gasteiger partial charge in [0.15, 0.2) is 5.82 Å². The molecule has 2 N–H and O–H groups in total. The van der Waals surface area contributed by atoms with Crippen LogP contribution in [0.3, 0.4) is 0 Å². The monoisotopic (exact) mass is 331 g/mol. The summed E-state index contributed by atoms with van der Waals surface area (Å²) < 4.78 is 9.44. The second-order valence-electron chi connectivity index (χ2n) is 6.92. The molecule has 0 aromatic carbocycles. The van der Waals surface area contributed by atoms with Gasteiger partial charge in [-0.25, -0.2) is 4.98 Å². The van der Waals surface area contributed by atoms with Gasteiger partial charge in [-0.1, -0.05) is 0 Å². The van der Waals surface area contributed by atoms with E-state index in [2.05, 4.69) is 15.1 Å². The van der Waals surface area contributed by atoms with E-state index in [0.29, 0.717) is 17.8 Å². The van der Waals surface area contributed by atoms with Crippen molar-refractivity contribution in [1.29, 1.82) is 0 Å². The molecule has 0 unspecified atom stereocenters. The molecule has 2 aromatic heterocycles. The summed E-state index contributed by atoms with van der Waals surface area (Å²) in [6.07, 6.45) is 5.62. The minimum absolute atomic E-state index is 0.249. The highest BCUT2D eigenvalue weighted by molar-refractivity contribution is 5.23. The number of anilines is 1. The first-order valence-corrected chi connectivity index (χ1v) is 8.58. The third-order valence-electron chi connectivity index (χ3n) is 5.04. The molecule has 2 atom stereocenters. The molecular weight excluding hydrogens is 306 g/mol. The smallest absolute Gasteiger partial charge is 0.154 e. The number of hydrogen-bond donors (Lipinski definition) is 1. The highest BCUT2D eigenvalue weighted by Gasteiger charge is 2.34. The number of rotatable bonds is 6. The Labute approximate surface area is 141 Å². The molecule has 130 valence electrons. The van der Waals surface area contributed by atoms with Crippen molar-refractivity contribution in [3.63, 3.8) is 0 Å². The van der Waals surface area contributed by atoms with Crippen LogP contribution in [0.5, 0.6) is 0 Å². The number of hydrogen-bond acceptors (Lipinski definition) is 6. The van der Waals surface area contributed by atoms with Crippen molar-refractivity contribution in [2.45, 2.75) is 50.4 Å². The topological polar surface area (TPSA) is 87.0 Å². The molecule has 2 fully saturated rings. The number of aromatic nitrogens is 5. The first-order valence-electron chi connectivity index (χ1n) is 8.58. The molecule has 8 heteroatoms. The lowest BCUT2D eigenvalue weighted by atomic mass is 10.2. The van der Waals surface area contributed by atoms with Crippen LogP contribution in [0.25, 0.3) is 0 Å². The van der Waals surface area contributed by atoms with Crippen LogP contribution in [-0.2, 0) is 24.9 Å². The van der Waals surface area contributed by atoms with Crippen molar-refractivity contribution >= 4 is 5.82 Å². The van der Waals surface area contributed by atoms with E-state index in [1.807, 2.05) is 28.7 Å². The first-order chi connectivity index (χ1) is 11.6. The Morgan fingerprint density at radius 1 is 1.33 bits per heavy atom. The lowest BCUT2D eigenvalue weighted by Crippen LogP contribution is -2.33. The van der Waals surface area contributed by atoms with Crippen molar-refractivity contribution in [3.8, 4) is 0 Å². The van der Waals surface area contributed by atoms with Gasteiger partial charge >= 0.3 is 0 Å². The Kier molecular flexibility index (Phi) is 4.01. The van der Waals surface area contributed by atoms with Gasteiger partial charge in [-0.2, -0.15) is 10.2 Å². The van der Waals surface area contributed by atoms with E-state index in [1.165, 1.54) is 12.8 Å². The molecule has 2 aliphatic rings. The van der Waals surface area contributed by atoms with Gasteiger partial charge in [0.1, 0.15) is 11.6 Å². The predicted molar refractivity (Wildman–Crippen MR) is 89.2 cm³/mol. The number of aryl methyl sites for hydroxylation is 1. The van der Waals surface area contributed by atoms with E-state index in [9.17, 15) is 0 Å². The number of methoxy groups -OCH3 is 1. The maximum Gasteiger partial charge on any atom is 0.154 e. The maximum absolute atomic E-state index is 5.73. The quantitative estimate of drug-likeness (QED) is 0.841. The summed E-state index contributed by atoms with van der Waals surface area (Å²) in [6, 6.07) is 2.19. The molecular formula is C16H25N7O. The summed E-state index contributed by atoms with van der Waals surface area (Å²) in [4.78, 5) is 7.18. The maximum atomic E-state index is 5.73. The van der Waals surface area contributed by atoms with Crippen LogP contribution in [0.1, 0.15) is 36.8 Å². The van der Waals surface area contributed by atoms with Crippen molar-refractivity contribution in [2.24, 2.45) is 7.05 Å². The number of likely N-dealkylation sites (tertiary alicyclic amines) is 1. The summed E-state index contributed by atoms with van der Waals surface area (Å²) >= 11 is 0. The zero-order valence-corrected chi connectivity index (χ0v) is 14.3. The van der Waals surface area contributed by atoms with Crippen LogP contribution in [0.15, 0.2) is 12.3 Å². The molecule has 0 radical (unpaired) electrons. The van der Waals surface area contributed by atoms with E-state index in [4.69, 9.17) is 15.5 Å². The Balaban J connectivity index is 1.48. The SMILES string of the molecule is CO[C@@H]1C[C@@H](Cn2ccc(N)n2)N(Cc2nc(C3CC3)nn2C)C1. The van der Waals surface area contributed by atoms with E-state index in [0.717, 1.165) is 37.7 Å². The molecule has 1 aliphatic carbocycles. The molecule has 0 amide bonds. The molecule has 1 saturated heterocycles. The van der Waals surface area contributed by atoms with Gasteiger partial charge in [0.25, 0.3) is 0 Å². The Bertz CT molecular complexity index is 705. The van der Waals surface area contributed by atoms with Crippen LogP contribution in [0, 0.1) is 0 Å². The van der Waals surface area contributed by atoms with E-state index in [-0.39, 0.29) is 6.10 Å². The fourth-order valence-corrected chi connectivity index (χ4v) is 3.46. The van der Waals surface area contributed by atoms with Crippen LogP contribution < -0.4 is 5.73 Å². The highest BCUT2D eigenvalue weighted by Crippen LogP contribution is 2.38. The average molecular weight is 331 g/mol. The Morgan fingerprint density at radius 3 is 2.83 bits per heavy atom. The van der Waals surface area contributed by atoms with E-state index in [1.54, 1.807) is 7.11 Å². The van der Waals surface area contributed by atoms with Gasteiger partial charge in [0.05, 0.1) is 19.2 Å². The fourth-order valence-electron chi connectivity index (χ4n) is 3.46. The second kappa shape index (κ2) is 6.18. The van der Waals surface area contributed by atoms with Crippen molar-refractivity contribution in [2.75, 3.05) is 19.4 Å². The second-order valence-corrected chi connectivity index (χ2v) is 6.92. The standard InChI is InChI=1S/C16H25N7O/c1-21-15(18-16(20-21)11-3-4-11)10-22-9-13(24-2)7-12(22)8-23-6-5-14(17)19-23/h5-6,11-13H,3-4,7-10H2,1-2H3,(H2,17,19)/t12-,13+/m0/s1. The lowest BCUT2D eigenvalue weighted by molar-refractivity contribution is 0.106. The predicted octanol–water partition coefficient (Wildman–Crippen LogP) is 0.761. The zero-order valence-electron chi connectivity index (χ0n) is 14.3. The average Bonchev–Trinajstić information content (AvgIpc) is 3.08. The largest absolute Gasteiger partial charge is 0.382 e. The fraction of sp³-hybridized carbons (Fsp3) is 0.688. The first kappa shape index (κ1) is 15.6. The summed E-state index contributed by atoms with van der Waals surface area (Å²) in [5, 5.41) is 8.89. The molecule has 4 rings (SSSR count). The summed E-state index contributed by atoms with van der Waals surface area (Å²) in [7, 11) is 3.77. The summed E-state index contributed by atoms with van der Waals surface area (Å²) in [5.74, 6) is 3.17. The normalized spacial score (nSPS) is 24.8. The molecule has 3 heterocycles. The van der Waals surface area contributed by atoms with Crippen LogP contribution in [-0.4, -0.2) is 55.2 Å². The molecule has 0 bridgehead atoms. The zero-order chi connectivity index (χ0) is 16.7. The van der Waals surface area contributed by atoms with Gasteiger partial charge < -0.3 is 10.5 Å². The van der Waals surface area contributed by atoms with Gasteiger partial charge in [-0.05, 0) is 25.3 Å². The third kappa shape index (κ3) is 3.16.